The minimum atomic E-state index is -3.93. The number of hydrogen-bond donors (Lipinski definition) is 2. The Hall–Kier alpha value is -0.950. The van der Waals surface area contributed by atoms with Crippen molar-refractivity contribution in [2.45, 2.75) is 13.8 Å². The third-order valence-corrected chi connectivity index (χ3v) is 3.85. The van der Waals surface area contributed by atoms with Crippen LogP contribution in [0.25, 0.3) is 0 Å². The minimum Gasteiger partial charge on any atom is -0.314 e. The van der Waals surface area contributed by atoms with Gasteiger partial charge >= 0.3 is 10.3 Å². The zero-order valence-corrected chi connectivity index (χ0v) is 11.6. The molecule has 0 aliphatic carbocycles. The van der Waals surface area contributed by atoms with Gasteiger partial charge in [0.15, 0.2) is 0 Å². The van der Waals surface area contributed by atoms with E-state index in [0.717, 1.165) is 4.31 Å². The molecule has 1 aliphatic rings. The van der Waals surface area contributed by atoms with Gasteiger partial charge in [0.1, 0.15) is 0 Å². The SMILES string of the molecule is Cc1ccccc1C.O=S(=O)(O)N1CCNCC1. The van der Waals surface area contributed by atoms with Crippen LogP contribution in [0.4, 0.5) is 0 Å². The third-order valence-electron chi connectivity index (χ3n) is 2.83. The molecule has 1 saturated heterocycles. The Kier molecular flexibility index (Phi) is 5.74. The lowest BCUT2D eigenvalue weighted by atomic mass is 10.1. The van der Waals surface area contributed by atoms with Crippen LogP contribution in [0.15, 0.2) is 24.3 Å². The maximum atomic E-state index is 10.4. The van der Waals surface area contributed by atoms with Crippen molar-refractivity contribution in [2.75, 3.05) is 26.2 Å². The number of hydrogen-bond acceptors (Lipinski definition) is 3. The van der Waals surface area contributed by atoms with Crippen molar-refractivity contribution in [3.63, 3.8) is 0 Å². The second-order valence-corrected chi connectivity index (χ2v) is 5.62. The topological polar surface area (TPSA) is 69.6 Å². The summed E-state index contributed by atoms with van der Waals surface area (Å²) in [6.45, 7) is 6.18. The van der Waals surface area contributed by atoms with Crippen LogP contribution in [-0.2, 0) is 10.3 Å². The summed E-state index contributed by atoms with van der Waals surface area (Å²) in [5.74, 6) is 0. The Bertz CT molecular complexity index is 447. The van der Waals surface area contributed by atoms with Crippen LogP contribution in [0.3, 0.4) is 0 Å². The van der Waals surface area contributed by atoms with Crippen molar-refractivity contribution < 1.29 is 13.0 Å². The van der Waals surface area contributed by atoms with E-state index in [4.69, 9.17) is 4.55 Å². The Morgan fingerprint density at radius 1 is 1.11 bits per heavy atom. The number of rotatable bonds is 1. The molecule has 0 spiro atoms. The van der Waals surface area contributed by atoms with Gasteiger partial charge in [0.2, 0.25) is 0 Å². The predicted molar refractivity (Wildman–Crippen MR) is 71.9 cm³/mol. The molecular weight excluding hydrogens is 252 g/mol. The van der Waals surface area contributed by atoms with E-state index in [1.54, 1.807) is 0 Å². The highest BCUT2D eigenvalue weighted by Crippen LogP contribution is 2.02. The number of aryl methyl sites for hydroxylation is 2. The first-order valence-corrected chi connectivity index (χ1v) is 7.26. The summed E-state index contributed by atoms with van der Waals surface area (Å²) in [6.07, 6.45) is 0. The summed E-state index contributed by atoms with van der Waals surface area (Å²) in [5.41, 5.74) is 2.74. The lowest BCUT2D eigenvalue weighted by molar-refractivity contribution is 0.319. The van der Waals surface area contributed by atoms with Crippen LogP contribution in [0.5, 0.6) is 0 Å². The summed E-state index contributed by atoms with van der Waals surface area (Å²) < 4.78 is 30.4. The maximum absolute atomic E-state index is 10.4. The summed E-state index contributed by atoms with van der Waals surface area (Å²) in [5, 5.41) is 2.97. The standard InChI is InChI=1S/C8H10.C4H10N2O3S/c1-7-5-3-4-6-8(7)2;7-10(8,9)6-3-1-5-2-4-6/h3-6H,1-2H3;5H,1-4H2,(H,7,8,9). The van der Waals surface area contributed by atoms with Gasteiger partial charge in [-0.25, -0.2) is 0 Å². The molecule has 0 atom stereocenters. The molecule has 2 rings (SSSR count). The largest absolute Gasteiger partial charge is 0.335 e. The predicted octanol–water partition coefficient (Wildman–Crippen LogP) is 0.998. The fourth-order valence-corrected chi connectivity index (χ4v) is 2.18. The van der Waals surface area contributed by atoms with Gasteiger partial charge in [-0.15, -0.1) is 0 Å². The molecule has 0 amide bonds. The van der Waals surface area contributed by atoms with Gasteiger partial charge in [-0.3, -0.25) is 4.55 Å². The molecule has 18 heavy (non-hydrogen) atoms. The van der Waals surface area contributed by atoms with Gasteiger partial charge in [-0.1, -0.05) is 24.3 Å². The van der Waals surface area contributed by atoms with Crippen LogP contribution in [0.1, 0.15) is 11.1 Å². The van der Waals surface area contributed by atoms with Gasteiger partial charge in [0.25, 0.3) is 0 Å². The Morgan fingerprint density at radius 2 is 1.56 bits per heavy atom. The minimum absolute atomic E-state index is 0.360. The van der Waals surface area contributed by atoms with Crippen LogP contribution < -0.4 is 5.32 Å². The van der Waals surface area contributed by atoms with Crippen molar-refractivity contribution in [2.24, 2.45) is 0 Å². The van der Waals surface area contributed by atoms with E-state index in [1.165, 1.54) is 11.1 Å². The molecular formula is C12H20N2O3S. The summed E-state index contributed by atoms with van der Waals surface area (Å²) in [4.78, 5) is 0. The highest BCUT2D eigenvalue weighted by atomic mass is 32.2. The number of piperazine rings is 1. The Labute approximate surface area is 109 Å². The highest BCUT2D eigenvalue weighted by Gasteiger charge is 2.19. The van der Waals surface area contributed by atoms with Crippen LogP contribution in [0.2, 0.25) is 0 Å². The number of nitrogens with one attached hydrogen (secondary N) is 1. The average Bonchev–Trinajstić information content (AvgIpc) is 2.34. The van der Waals surface area contributed by atoms with Crippen molar-refractivity contribution in [3.8, 4) is 0 Å². The normalized spacial score (nSPS) is 16.8. The molecule has 0 unspecified atom stereocenters. The van der Waals surface area contributed by atoms with E-state index >= 15 is 0 Å². The molecule has 0 aromatic heterocycles. The monoisotopic (exact) mass is 272 g/mol. The number of benzene rings is 1. The van der Waals surface area contributed by atoms with Gasteiger partial charge in [0.05, 0.1) is 0 Å². The van der Waals surface area contributed by atoms with Crippen LogP contribution in [0, 0.1) is 13.8 Å². The summed E-state index contributed by atoms with van der Waals surface area (Å²) >= 11 is 0. The lowest BCUT2D eigenvalue weighted by Crippen LogP contribution is -2.46. The van der Waals surface area contributed by atoms with E-state index < -0.39 is 10.3 Å². The fourth-order valence-electron chi connectivity index (χ4n) is 1.54. The van der Waals surface area contributed by atoms with Gasteiger partial charge in [-0.05, 0) is 25.0 Å². The molecule has 0 radical (unpaired) electrons. The summed E-state index contributed by atoms with van der Waals surface area (Å²) in [7, 11) is -3.93. The smallest absolute Gasteiger partial charge is 0.314 e. The molecule has 5 nitrogen and oxygen atoms in total. The van der Waals surface area contributed by atoms with Crippen molar-refractivity contribution >= 4 is 10.3 Å². The summed E-state index contributed by atoms with van der Waals surface area (Å²) in [6, 6.07) is 8.36. The van der Waals surface area contributed by atoms with E-state index in [9.17, 15) is 8.42 Å². The molecule has 0 bridgehead atoms. The highest BCUT2D eigenvalue weighted by molar-refractivity contribution is 7.83. The fraction of sp³-hybridized carbons (Fsp3) is 0.500. The average molecular weight is 272 g/mol. The zero-order chi connectivity index (χ0) is 13.6. The Balaban J connectivity index is 0.000000184. The van der Waals surface area contributed by atoms with Gasteiger partial charge in [0, 0.05) is 26.2 Å². The van der Waals surface area contributed by atoms with Gasteiger partial charge in [-0.2, -0.15) is 12.7 Å². The first kappa shape index (κ1) is 15.1. The molecule has 1 heterocycles. The van der Waals surface area contributed by atoms with Crippen LogP contribution in [-0.4, -0.2) is 43.5 Å². The molecule has 1 aromatic carbocycles. The second kappa shape index (κ2) is 6.84. The van der Waals surface area contributed by atoms with Crippen molar-refractivity contribution in [1.82, 2.24) is 9.62 Å². The molecule has 2 N–H and O–H groups in total. The van der Waals surface area contributed by atoms with Gasteiger partial charge < -0.3 is 5.32 Å². The van der Waals surface area contributed by atoms with Crippen LogP contribution >= 0.6 is 0 Å². The van der Waals surface area contributed by atoms with E-state index in [1.807, 2.05) is 0 Å². The lowest BCUT2D eigenvalue weighted by Gasteiger charge is -2.23. The van der Waals surface area contributed by atoms with Crippen molar-refractivity contribution in [3.05, 3.63) is 35.4 Å². The molecule has 0 saturated carbocycles. The van der Waals surface area contributed by atoms with E-state index in [0.29, 0.717) is 26.2 Å². The third kappa shape index (κ3) is 5.14. The first-order chi connectivity index (χ1) is 8.41. The first-order valence-electron chi connectivity index (χ1n) is 5.87. The van der Waals surface area contributed by atoms with E-state index in [-0.39, 0.29) is 0 Å². The zero-order valence-electron chi connectivity index (χ0n) is 10.8. The molecule has 1 aliphatic heterocycles. The maximum Gasteiger partial charge on any atom is 0.335 e. The molecule has 1 aromatic rings. The molecule has 1 fully saturated rings. The van der Waals surface area contributed by atoms with Crippen molar-refractivity contribution in [1.29, 1.82) is 0 Å². The molecule has 6 heteroatoms. The number of nitrogens with zero attached hydrogens (tertiary/aromatic N) is 1. The quantitative estimate of drug-likeness (QED) is 0.748. The molecule has 102 valence electrons. The Morgan fingerprint density at radius 3 is 1.83 bits per heavy atom. The van der Waals surface area contributed by atoms with E-state index in [2.05, 4.69) is 43.4 Å². The second-order valence-electron chi connectivity index (χ2n) is 4.21.